The van der Waals surface area contributed by atoms with Crippen LogP contribution in [0.1, 0.15) is 6.42 Å². The van der Waals surface area contributed by atoms with Crippen molar-refractivity contribution in [2.45, 2.75) is 19.0 Å². The Kier molecular flexibility index (Phi) is 6.76. The lowest BCUT2D eigenvalue weighted by Gasteiger charge is -2.14. The van der Waals surface area contributed by atoms with E-state index in [0.717, 1.165) is 10.2 Å². The summed E-state index contributed by atoms with van der Waals surface area (Å²) in [6.07, 6.45) is 2.17. The number of nitrogens with one attached hydrogen (secondary N) is 1. The molecule has 7 nitrogen and oxygen atoms in total. The molecule has 1 heterocycles. The minimum absolute atomic E-state index is 0.314. The molecular weight excluding hydrogens is 342 g/mol. The highest BCUT2D eigenvalue weighted by Gasteiger charge is 2.20. The van der Waals surface area contributed by atoms with Crippen molar-refractivity contribution in [3.63, 3.8) is 0 Å². The van der Waals surface area contributed by atoms with Gasteiger partial charge in [0.25, 0.3) is 5.56 Å². The van der Waals surface area contributed by atoms with E-state index in [0.29, 0.717) is 17.9 Å². The molecule has 1 atom stereocenters. The number of nitrogens with zero attached hydrogens (tertiary/aromatic N) is 2. The number of benzene rings is 1. The second kappa shape index (κ2) is 9.03. The summed E-state index contributed by atoms with van der Waals surface area (Å²) in [6.45, 7) is -0.331. The Morgan fingerprint density at radius 1 is 1.24 bits per heavy atom. The molecule has 25 heavy (non-hydrogen) atoms. The van der Waals surface area contributed by atoms with E-state index in [1.165, 1.54) is 17.8 Å². The molecule has 0 radical (unpaired) electrons. The molecule has 132 valence electrons. The van der Waals surface area contributed by atoms with Gasteiger partial charge in [-0.2, -0.15) is 16.9 Å². The Balaban J connectivity index is 2.12. The van der Waals surface area contributed by atoms with E-state index < -0.39 is 23.5 Å². The van der Waals surface area contributed by atoms with Crippen LogP contribution in [0, 0.1) is 0 Å². The molecular formula is C17H19N3O4S. The molecule has 1 aromatic heterocycles. The average molecular weight is 361 g/mol. The van der Waals surface area contributed by atoms with Gasteiger partial charge in [-0.15, -0.1) is 0 Å². The zero-order chi connectivity index (χ0) is 18.2. The van der Waals surface area contributed by atoms with E-state index in [1.54, 1.807) is 6.07 Å². The maximum absolute atomic E-state index is 12.1. The lowest BCUT2D eigenvalue weighted by Crippen LogP contribution is -2.44. The van der Waals surface area contributed by atoms with Gasteiger partial charge in [-0.05, 0) is 24.5 Å². The molecule has 0 spiro atoms. The first-order valence-corrected chi connectivity index (χ1v) is 9.05. The standard InChI is InChI=1S/C17H19N3O4S/c1-25-10-9-14(17(23)24)18-15(21)11-20-16(22)8-7-13(19-20)12-5-3-2-4-6-12/h2-8,14H,9-11H2,1H3,(H,18,21)(H,23,24)/t14-/m0/s1. The third-order valence-corrected chi connectivity index (χ3v) is 4.12. The van der Waals surface area contributed by atoms with Crippen LogP contribution >= 0.6 is 11.8 Å². The summed E-state index contributed by atoms with van der Waals surface area (Å²) < 4.78 is 1.03. The Bertz CT molecular complexity index is 792. The number of carbonyl (C=O) groups excluding carboxylic acids is 1. The minimum atomic E-state index is -1.10. The predicted molar refractivity (Wildman–Crippen MR) is 96.5 cm³/mol. The normalized spacial score (nSPS) is 11.7. The van der Waals surface area contributed by atoms with Gasteiger partial charge in [0.1, 0.15) is 12.6 Å². The molecule has 1 amide bonds. The lowest BCUT2D eigenvalue weighted by atomic mass is 10.1. The zero-order valence-electron chi connectivity index (χ0n) is 13.7. The van der Waals surface area contributed by atoms with Crippen LogP contribution in [0.4, 0.5) is 0 Å². The van der Waals surface area contributed by atoms with Gasteiger partial charge >= 0.3 is 5.97 Å². The number of rotatable bonds is 8. The number of thioether (sulfide) groups is 1. The van der Waals surface area contributed by atoms with Crippen LogP contribution in [0.3, 0.4) is 0 Å². The van der Waals surface area contributed by atoms with Crippen molar-refractivity contribution in [1.29, 1.82) is 0 Å². The quantitative estimate of drug-likeness (QED) is 0.733. The van der Waals surface area contributed by atoms with Crippen LogP contribution in [-0.2, 0) is 16.1 Å². The third-order valence-electron chi connectivity index (χ3n) is 3.47. The number of amides is 1. The summed E-state index contributed by atoms with van der Waals surface area (Å²) in [5, 5.41) is 15.8. The summed E-state index contributed by atoms with van der Waals surface area (Å²) in [4.78, 5) is 35.2. The minimum Gasteiger partial charge on any atom is -0.480 e. The van der Waals surface area contributed by atoms with Crippen LogP contribution < -0.4 is 10.9 Å². The number of carbonyl (C=O) groups is 2. The van der Waals surface area contributed by atoms with Crippen molar-refractivity contribution in [2.24, 2.45) is 0 Å². The SMILES string of the molecule is CSCC[C@H](NC(=O)Cn1nc(-c2ccccc2)ccc1=O)C(=O)O. The number of carboxylic acid groups (broad SMARTS) is 1. The van der Waals surface area contributed by atoms with E-state index in [4.69, 9.17) is 5.11 Å². The number of aromatic nitrogens is 2. The van der Waals surface area contributed by atoms with E-state index in [9.17, 15) is 14.4 Å². The van der Waals surface area contributed by atoms with E-state index in [1.807, 2.05) is 36.6 Å². The Morgan fingerprint density at radius 3 is 2.60 bits per heavy atom. The summed E-state index contributed by atoms with van der Waals surface area (Å²) in [5.41, 5.74) is 0.955. The van der Waals surface area contributed by atoms with E-state index in [2.05, 4.69) is 10.4 Å². The predicted octanol–water partition coefficient (Wildman–Crippen LogP) is 1.23. The Labute approximate surface area is 149 Å². The zero-order valence-corrected chi connectivity index (χ0v) is 14.5. The summed E-state index contributed by atoms with van der Waals surface area (Å²) in [6, 6.07) is 11.2. The largest absolute Gasteiger partial charge is 0.480 e. The first kappa shape index (κ1) is 18.7. The van der Waals surface area contributed by atoms with Crippen molar-refractivity contribution < 1.29 is 14.7 Å². The molecule has 0 saturated carbocycles. The maximum atomic E-state index is 12.1. The number of hydrogen-bond donors (Lipinski definition) is 2. The van der Waals surface area contributed by atoms with Crippen LogP contribution in [-0.4, -0.2) is 44.8 Å². The summed E-state index contributed by atoms with van der Waals surface area (Å²) in [5.74, 6) is -1.05. The van der Waals surface area contributed by atoms with Gasteiger partial charge in [-0.25, -0.2) is 9.48 Å². The summed E-state index contributed by atoms with van der Waals surface area (Å²) in [7, 11) is 0. The van der Waals surface area contributed by atoms with Crippen molar-refractivity contribution in [3.05, 3.63) is 52.8 Å². The van der Waals surface area contributed by atoms with Gasteiger partial charge in [0.2, 0.25) is 5.91 Å². The van der Waals surface area contributed by atoms with Crippen molar-refractivity contribution in [1.82, 2.24) is 15.1 Å². The second-order valence-electron chi connectivity index (χ2n) is 5.32. The topological polar surface area (TPSA) is 101 Å². The smallest absolute Gasteiger partial charge is 0.326 e. The van der Waals surface area contributed by atoms with Gasteiger partial charge in [0.15, 0.2) is 0 Å². The van der Waals surface area contributed by atoms with Gasteiger partial charge in [-0.3, -0.25) is 9.59 Å². The molecule has 2 N–H and O–H groups in total. The third kappa shape index (κ3) is 5.46. The monoisotopic (exact) mass is 361 g/mol. The molecule has 0 fully saturated rings. The molecule has 0 aliphatic carbocycles. The molecule has 8 heteroatoms. The number of carboxylic acids is 1. The van der Waals surface area contributed by atoms with Crippen molar-refractivity contribution >= 4 is 23.6 Å². The molecule has 1 aromatic carbocycles. The van der Waals surface area contributed by atoms with Crippen molar-refractivity contribution in [3.8, 4) is 11.3 Å². The maximum Gasteiger partial charge on any atom is 0.326 e. The first-order valence-electron chi connectivity index (χ1n) is 7.66. The highest BCUT2D eigenvalue weighted by atomic mass is 32.2. The van der Waals surface area contributed by atoms with Crippen LogP contribution in [0.5, 0.6) is 0 Å². The Hall–Kier alpha value is -2.61. The van der Waals surface area contributed by atoms with E-state index in [-0.39, 0.29) is 6.54 Å². The number of hydrogen-bond acceptors (Lipinski definition) is 5. The molecule has 0 unspecified atom stereocenters. The fraction of sp³-hybridized carbons (Fsp3) is 0.294. The molecule has 0 saturated heterocycles. The highest BCUT2D eigenvalue weighted by Crippen LogP contribution is 2.13. The van der Waals surface area contributed by atoms with Crippen LogP contribution in [0.25, 0.3) is 11.3 Å². The molecule has 0 aliphatic heterocycles. The molecule has 2 aromatic rings. The second-order valence-corrected chi connectivity index (χ2v) is 6.31. The summed E-state index contributed by atoms with van der Waals surface area (Å²) >= 11 is 1.50. The molecule has 2 rings (SSSR count). The van der Waals surface area contributed by atoms with Gasteiger partial charge in [0.05, 0.1) is 5.69 Å². The fourth-order valence-electron chi connectivity index (χ4n) is 2.19. The lowest BCUT2D eigenvalue weighted by molar-refractivity contribution is -0.142. The fourth-order valence-corrected chi connectivity index (χ4v) is 2.67. The van der Waals surface area contributed by atoms with E-state index >= 15 is 0 Å². The van der Waals surface area contributed by atoms with Gasteiger partial charge in [-0.1, -0.05) is 30.3 Å². The van der Waals surface area contributed by atoms with Gasteiger partial charge in [0, 0.05) is 11.6 Å². The van der Waals surface area contributed by atoms with Crippen LogP contribution in [0.15, 0.2) is 47.3 Å². The highest BCUT2D eigenvalue weighted by molar-refractivity contribution is 7.98. The number of aliphatic carboxylic acids is 1. The van der Waals surface area contributed by atoms with Gasteiger partial charge < -0.3 is 10.4 Å². The van der Waals surface area contributed by atoms with Crippen LogP contribution in [0.2, 0.25) is 0 Å². The molecule has 0 bridgehead atoms. The Morgan fingerprint density at radius 2 is 1.96 bits per heavy atom. The van der Waals surface area contributed by atoms with Crippen molar-refractivity contribution in [2.75, 3.05) is 12.0 Å². The first-order chi connectivity index (χ1) is 12.0. The average Bonchev–Trinajstić information content (AvgIpc) is 2.61. The molecule has 0 aliphatic rings.